The van der Waals surface area contributed by atoms with Gasteiger partial charge in [-0.1, -0.05) is 18.2 Å². The summed E-state index contributed by atoms with van der Waals surface area (Å²) in [6.45, 7) is 9.21. The fourth-order valence-electron chi connectivity index (χ4n) is 4.35. The van der Waals surface area contributed by atoms with Crippen LogP contribution in [0.5, 0.6) is 0 Å². The van der Waals surface area contributed by atoms with Crippen molar-refractivity contribution in [2.24, 2.45) is 5.92 Å². The molecule has 1 aromatic carbocycles. The van der Waals surface area contributed by atoms with Crippen molar-refractivity contribution in [1.82, 2.24) is 19.4 Å². The number of imidazole rings is 1. The van der Waals surface area contributed by atoms with Crippen molar-refractivity contribution in [1.29, 1.82) is 0 Å². The summed E-state index contributed by atoms with van der Waals surface area (Å²) >= 11 is 0. The van der Waals surface area contributed by atoms with Gasteiger partial charge >= 0.3 is 0 Å². The molecule has 0 unspecified atom stereocenters. The molecule has 1 aromatic heterocycles. The van der Waals surface area contributed by atoms with Crippen LogP contribution in [0.2, 0.25) is 0 Å². The first-order chi connectivity index (χ1) is 13.7. The van der Waals surface area contributed by atoms with Gasteiger partial charge in [-0.05, 0) is 50.9 Å². The third-order valence-electron chi connectivity index (χ3n) is 6.20. The fraction of sp³-hybridized carbons (Fsp3) is 0.545. The van der Waals surface area contributed by atoms with E-state index in [9.17, 15) is 4.79 Å². The Morgan fingerprint density at radius 1 is 1.04 bits per heavy atom. The molecule has 0 radical (unpaired) electrons. The number of aryl methyl sites for hydroxylation is 1. The monoisotopic (exact) mass is 381 g/mol. The van der Waals surface area contributed by atoms with Crippen molar-refractivity contribution in [3.8, 4) is 0 Å². The van der Waals surface area contributed by atoms with Crippen molar-refractivity contribution in [3.05, 3.63) is 48.5 Å². The number of likely N-dealkylation sites (tertiary alicyclic amines) is 1. The molecule has 0 saturated carbocycles. The van der Waals surface area contributed by atoms with Gasteiger partial charge in [0, 0.05) is 50.8 Å². The molecule has 2 fully saturated rings. The number of anilines is 1. The van der Waals surface area contributed by atoms with E-state index in [0.29, 0.717) is 12.5 Å². The average Bonchev–Trinajstić information content (AvgIpc) is 3.14. The Bertz CT molecular complexity index is 758. The van der Waals surface area contributed by atoms with Crippen molar-refractivity contribution in [3.63, 3.8) is 0 Å². The van der Waals surface area contributed by atoms with Crippen LogP contribution in [0, 0.1) is 12.8 Å². The molecule has 6 nitrogen and oxygen atoms in total. The lowest BCUT2D eigenvalue weighted by Gasteiger charge is -2.38. The summed E-state index contributed by atoms with van der Waals surface area (Å²) in [6.07, 6.45) is 6.26. The van der Waals surface area contributed by atoms with Crippen LogP contribution >= 0.6 is 0 Å². The van der Waals surface area contributed by atoms with Gasteiger partial charge in [0.2, 0.25) is 5.91 Å². The van der Waals surface area contributed by atoms with E-state index in [1.807, 2.05) is 17.2 Å². The summed E-state index contributed by atoms with van der Waals surface area (Å²) in [5, 5.41) is 0. The van der Waals surface area contributed by atoms with Crippen molar-refractivity contribution in [2.45, 2.75) is 26.3 Å². The van der Waals surface area contributed by atoms with Gasteiger partial charge in [-0.15, -0.1) is 0 Å². The lowest BCUT2D eigenvalue weighted by atomic mass is 9.96. The lowest BCUT2D eigenvalue weighted by Crippen LogP contribution is -2.52. The zero-order valence-corrected chi connectivity index (χ0v) is 16.8. The first-order valence-corrected chi connectivity index (χ1v) is 10.5. The largest absolute Gasteiger partial charge is 0.368 e. The topological polar surface area (TPSA) is 44.6 Å². The molecule has 3 heterocycles. The minimum Gasteiger partial charge on any atom is -0.368 e. The van der Waals surface area contributed by atoms with Crippen LogP contribution in [0.25, 0.3) is 0 Å². The minimum absolute atomic E-state index is 0.289. The second kappa shape index (κ2) is 8.78. The molecule has 28 heavy (non-hydrogen) atoms. The molecule has 1 amide bonds. The number of hydrogen-bond donors (Lipinski definition) is 0. The zero-order chi connectivity index (χ0) is 19.3. The first-order valence-electron chi connectivity index (χ1n) is 10.5. The van der Waals surface area contributed by atoms with Gasteiger partial charge in [0.25, 0.3) is 0 Å². The van der Waals surface area contributed by atoms with E-state index in [0.717, 1.165) is 64.5 Å². The molecule has 6 heteroatoms. The zero-order valence-electron chi connectivity index (χ0n) is 16.8. The number of benzene rings is 1. The second-order valence-corrected chi connectivity index (χ2v) is 8.05. The molecule has 0 spiro atoms. The molecular weight excluding hydrogens is 350 g/mol. The summed E-state index contributed by atoms with van der Waals surface area (Å²) < 4.78 is 2.25. The van der Waals surface area contributed by atoms with Gasteiger partial charge in [-0.3, -0.25) is 9.69 Å². The highest BCUT2D eigenvalue weighted by Gasteiger charge is 2.25. The molecule has 0 N–H and O–H groups in total. The highest BCUT2D eigenvalue weighted by molar-refractivity contribution is 5.78. The van der Waals surface area contributed by atoms with E-state index in [2.05, 4.69) is 56.7 Å². The Labute approximate surface area is 167 Å². The third-order valence-corrected chi connectivity index (χ3v) is 6.20. The van der Waals surface area contributed by atoms with Gasteiger partial charge in [0.1, 0.15) is 5.82 Å². The number of carbonyl (C=O) groups is 1. The molecule has 0 bridgehead atoms. The maximum Gasteiger partial charge on any atom is 0.236 e. The minimum atomic E-state index is 0.289. The van der Waals surface area contributed by atoms with Crippen LogP contribution in [0.3, 0.4) is 0 Å². The second-order valence-electron chi connectivity index (χ2n) is 8.05. The summed E-state index contributed by atoms with van der Waals surface area (Å²) in [6, 6.07) is 10.5. The Morgan fingerprint density at radius 2 is 1.75 bits per heavy atom. The number of piperidine rings is 1. The molecular formula is C22H31N5O. The van der Waals surface area contributed by atoms with Crippen molar-refractivity contribution < 1.29 is 4.79 Å². The van der Waals surface area contributed by atoms with Gasteiger partial charge < -0.3 is 14.4 Å². The standard InChI is InChI=1S/C22H31N5O/c1-19-23-9-12-27(19)17-20-7-10-24(11-8-20)18-22(28)26-15-13-25(14-16-26)21-5-3-2-4-6-21/h2-6,9,12,20H,7-8,10-11,13-18H2,1H3. The van der Waals surface area contributed by atoms with Crippen LogP contribution < -0.4 is 4.90 Å². The highest BCUT2D eigenvalue weighted by Crippen LogP contribution is 2.20. The number of para-hydroxylation sites is 1. The van der Waals surface area contributed by atoms with E-state index >= 15 is 0 Å². The Morgan fingerprint density at radius 3 is 2.39 bits per heavy atom. The maximum atomic E-state index is 12.7. The highest BCUT2D eigenvalue weighted by atomic mass is 16.2. The van der Waals surface area contributed by atoms with Crippen LogP contribution in [0.15, 0.2) is 42.7 Å². The van der Waals surface area contributed by atoms with Crippen LogP contribution in [0.4, 0.5) is 5.69 Å². The van der Waals surface area contributed by atoms with Gasteiger partial charge in [-0.2, -0.15) is 0 Å². The Kier molecular flexibility index (Phi) is 5.95. The number of rotatable bonds is 5. The molecule has 0 aliphatic carbocycles. The smallest absolute Gasteiger partial charge is 0.236 e. The number of piperazine rings is 1. The molecule has 2 saturated heterocycles. The van der Waals surface area contributed by atoms with Crippen molar-refractivity contribution in [2.75, 3.05) is 50.7 Å². The third kappa shape index (κ3) is 4.55. The van der Waals surface area contributed by atoms with Gasteiger partial charge in [-0.25, -0.2) is 4.98 Å². The number of carbonyl (C=O) groups excluding carboxylic acids is 1. The molecule has 2 aliphatic heterocycles. The Balaban J connectivity index is 1.19. The van der Waals surface area contributed by atoms with Gasteiger partial charge in [0.05, 0.1) is 6.54 Å². The summed E-state index contributed by atoms with van der Waals surface area (Å²) in [5.74, 6) is 2.07. The SMILES string of the molecule is Cc1nccn1CC1CCN(CC(=O)N2CCN(c3ccccc3)CC2)CC1. The van der Waals surface area contributed by atoms with Crippen molar-refractivity contribution >= 4 is 11.6 Å². The molecule has 2 aliphatic rings. The number of nitrogens with zero attached hydrogens (tertiary/aromatic N) is 5. The van der Waals surface area contributed by atoms with E-state index < -0.39 is 0 Å². The summed E-state index contributed by atoms with van der Waals surface area (Å²) in [4.78, 5) is 23.8. The number of aromatic nitrogens is 2. The van der Waals surface area contributed by atoms with Crippen LogP contribution in [0.1, 0.15) is 18.7 Å². The normalized spacial score (nSPS) is 19.2. The van der Waals surface area contributed by atoms with Crippen LogP contribution in [-0.4, -0.2) is 71.1 Å². The summed E-state index contributed by atoms with van der Waals surface area (Å²) in [7, 11) is 0. The maximum absolute atomic E-state index is 12.7. The van der Waals surface area contributed by atoms with Gasteiger partial charge in [0.15, 0.2) is 0 Å². The van der Waals surface area contributed by atoms with E-state index in [1.54, 1.807) is 0 Å². The van der Waals surface area contributed by atoms with Crippen LogP contribution in [-0.2, 0) is 11.3 Å². The predicted octanol–water partition coefficient (Wildman–Crippen LogP) is 2.25. The fourth-order valence-corrected chi connectivity index (χ4v) is 4.35. The first kappa shape index (κ1) is 19.0. The number of hydrogen-bond acceptors (Lipinski definition) is 4. The summed E-state index contributed by atoms with van der Waals surface area (Å²) in [5.41, 5.74) is 1.25. The van der Waals surface area contributed by atoms with E-state index in [4.69, 9.17) is 0 Å². The average molecular weight is 382 g/mol. The molecule has 4 rings (SSSR count). The molecule has 2 aromatic rings. The Hall–Kier alpha value is -2.34. The quantitative estimate of drug-likeness (QED) is 0.797. The molecule has 150 valence electrons. The van der Waals surface area contributed by atoms with E-state index in [-0.39, 0.29) is 5.91 Å². The lowest BCUT2D eigenvalue weighted by molar-refractivity contribution is -0.133. The number of amides is 1. The predicted molar refractivity (Wildman–Crippen MR) is 111 cm³/mol. The molecule has 0 atom stereocenters. The van der Waals surface area contributed by atoms with E-state index in [1.165, 1.54) is 5.69 Å².